The monoisotopic (exact) mass is 438 g/mol. The van der Waals surface area contributed by atoms with Gasteiger partial charge >= 0.3 is 12.1 Å². The van der Waals surface area contributed by atoms with Crippen molar-refractivity contribution in [1.29, 1.82) is 0 Å². The Bertz CT molecular complexity index is 987. The van der Waals surface area contributed by atoms with Crippen LogP contribution < -0.4 is 10.6 Å². The number of aliphatic carboxylic acids is 1. The van der Waals surface area contributed by atoms with Gasteiger partial charge in [0.05, 0.1) is 12.0 Å². The summed E-state index contributed by atoms with van der Waals surface area (Å²) < 4.78 is 10.5. The molecular weight excluding hydrogens is 412 g/mol. The highest BCUT2D eigenvalue weighted by Gasteiger charge is 2.50. The van der Waals surface area contributed by atoms with Crippen molar-refractivity contribution in [2.24, 2.45) is 5.41 Å². The molecule has 2 aromatic carbocycles. The summed E-state index contributed by atoms with van der Waals surface area (Å²) in [5.74, 6) is -1.52. The topological polar surface area (TPSA) is 114 Å². The highest BCUT2D eigenvalue weighted by atomic mass is 16.5. The first kappa shape index (κ1) is 21.8. The summed E-state index contributed by atoms with van der Waals surface area (Å²) in [6.45, 7) is 0.0904. The summed E-state index contributed by atoms with van der Waals surface area (Å²) in [5.41, 5.74) is 3.55. The number of ether oxygens (including phenoxy) is 2. The van der Waals surface area contributed by atoms with Gasteiger partial charge < -0.3 is 25.2 Å². The predicted octanol–water partition coefficient (Wildman–Crippen LogP) is 2.52. The first-order valence-corrected chi connectivity index (χ1v) is 10.6. The van der Waals surface area contributed by atoms with Crippen molar-refractivity contribution >= 4 is 18.0 Å². The zero-order chi connectivity index (χ0) is 22.7. The molecule has 0 saturated heterocycles. The second-order valence-corrected chi connectivity index (χ2v) is 8.28. The molecule has 168 valence electrons. The molecule has 3 N–H and O–H groups in total. The molecule has 1 saturated carbocycles. The molecule has 4 rings (SSSR count). The van der Waals surface area contributed by atoms with E-state index in [-0.39, 0.29) is 25.7 Å². The minimum absolute atomic E-state index is 0.0216. The van der Waals surface area contributed by atoms with E-state index in [0.29, 0.717) is 12.8 Å². The van der Waals surface area contributed by atoms with Crippen LogP contribution in [0.15, 0.2) is 48.5 Å². The molecule has 32 heavy (non-hydrogen) atoms. The third-order valence-corrected chi connectivity index (χ3v) is 6.19. The molecule has 0 heterocycles. The first-order valence-electron chi connectivity index (χ1n) is 10.6. The number of hydrogen-bond donors (Lipinski definition) is 3. The quantitative estimate of drug-likeness (QED) is 0.554. The molecule has 1 fully saturated rings. The Morgan fingerprint density at radius 3 is 2.19 bits per heavy atom. The fourth-order valence-electron chi connectivity index (χ4n) is 4.13. The number of benzene rings is 2. The number of rotatable bonds is 9. The van der Waals surface area contributed by atoms with Crippen LogP contribution in [-0.4, -0.2) is 56.0 Å². The number of carboxylic acid groups (broad SMARTS) is 1. The lowest BCUT2D eigenvalue weighted by Gasteiger charge is -2.20. The summed E-state index contributed by atoms with van der Waals surface area (Å²) >= 11 is 0. The highest BCUT2D eigenvalue weighted by Crippen LogP contribution is 2.45. The van der Waals surface area contributed by atoms with Gasteiger partial charge in [-0.2, -0.15) is 0 Å². The van der Waals surface area contributed by atoms with Crippen LogP contribution in [0.3, 0.4) is 0 Å². The molecule has 0 spiro atoms. The van der Waals surface area contributed by atoms with Crippen molar-refractivity contribution in [1.82, 2.24) is 10.6 Å². The number of alkyl carbamates (subject to hydrolysis) is 1. The van der Waals surface area contributed by atoms with Crippen LogP contribution >= 0.6 is 0 Å². The minimum atomic E-state index is -0.986. The second-order valence-electron chi connectivity index (χ2n) is 8.28. The van der Waals surface area contributed by atoms with Crippen molar-refractivity contribution in [3.8, 4) is 11.1 Å². The average Bonchev–Trinajstić information content (AvgIpc) is 3.53. The standard InChI is InChI=1S/C24H26N2O6/c1-31-13-20(21(27)25-14-24(10-11-24)22(28)29)26-23(30)32-12-19-17-8-4-2-6-15(17)16-7-3-5-9-18(16)19/h2-9,19-20H,10-14H2,1H3,(H,25,27)(H,26,30)(H,28,29)/t20-/m0/s1. The Morgan fingerprint density at radius 2 is 1.66 bits per heavy atom. The molecule has 1 atom stereocenters. The van der Waals surface area contributed by atoms with E-state index in [2.05, 4.69) is 22.8 Å². The summed E-state index contributed by atoms with van der Waals surface area (Å²) in [4.78, 5) is 36.3. The number of carbonyl (C=O) groups excluding carboxylic acids is 2. The van der Waals surface area contributed by atoms with Crippen molar-refractivity contribution in [2.75, 3.05) is 26.9 Å². The van der Waals surface area contributed by atoms with Gasteiger partial charge in [-0.3, -0.25) is 9.59 Å². The normalized spacial score (nSPS) is 16.4. The zero-order valence-corrected chi connectivity index (χ0v) is 17.8. The Kier molecular flexibility index (Phi) is 6.14. The summed E-state index contributed by atoms with van der Waals surface area (Å²) in [5, 5.41) is 14.4. The first-order chi connectivity index (χ1) is 15.4. The number of methoxy groups -OCH3 is 1. The lowest BCUT2D eigenvalue weighted by atomic mass is 9.98. The highest BCUT2D eigenvalue weighted by molar-refractivity contribution is 5.87. The number of amides is 2. The van der Waals surface area contributed by atoms with Gasteiger partial charge in [0.1, 0.15) is 12.6 Å². The van der Waals surface area contributed by atoms with E-state index in [9.17, 15) is 19.5 Å². The van der Waals surface area contributed by atoms with Gasteiger partial charge in [0.15, 0.2) is 0 Å². The van der Waals surface area contributed by atoms with E-state index >= 15 is 0 Å². The van der Waals surface area contributed by atoms with Crippen LogP contribution in [-0.2, 0) is 19.1 Å². The molecule has 0 bridgehead atoms. The molecule has 2 amide bonds. The lowest BCUT2D eigenvalue weighted by molar-refractivity contribution is -0.143. The molecule has 8 heteroatoms. The Labute approximate surface area is 185 Å². The lowest BCUT2D eigenvalue weighted by Crippen LogP contribution is -2.51. The minimum Gasteiger partial charge on any atom is -0.481 e. The van der Waals surface area contributed by atoms with Gasteiger partial charge in [-0.15, -0.1) is 0 Å². The summed E-state index contributed by atoms with van der Waals surface area (Å²) in [6.07, 6.45) is 0.317. The van der Waals surface area contributed by atoms with Crippen LogP contribution in [0.5, 0.6) is 0 Å². The zero-order valence-electron chi connectivity index (χ0n) is 17.8. The Balaban J connectivity index is 1.36. The van der Waals surface area contributed by atoms with Crippen LogP contribution in [0.25, 0.3) is 11.1 Å². The molecule has 0 unspecified atom stereocenters. The molecule has 0 aromatic heterocycles. The van der Waals surface area contributed by atoms with Gasteiger partial charge in [-0.25, -0.2) is 4.79 Å². The number of carboxylic acids is 1. The molecule has 2 aliphatic rings. The van der Waals surface area contributed by atoms with Crippen LogP contribution in [0.1, 0.15) is 29.9 Å². The van der Waals surface area contributed by atoms with E-state index in [0.717, 1.165) is 22.3 Å². The third kappa shape index (κ3) is 4.31. The van der Waals surface area contributed by atoms with Crippen molar-refractivity contribution in [3.05, 3.63) is 59.7 Å². The molecule has 2 aliphatic carbocycles. The van der Waals surface area contributed by atoms with Gasteiger partial charge in [0.25, 0.3) is 0 Å². The maximum Gasteiger partial charge on any atom is 0.407 e. The van der Waals surface area contributed by atoms with E-state index in [1.54, 1.807) is 0 Å². The van der Waals surface area contributed by atoms with E-state index in [4.69, 9.17) is 9.47 Å². The number of nitrogens with one attached hydrogen (secondary N) is 2. The Morgan fingerprint density at radius 1 is 1.06 bits per heavy atom. The van der Waals surface area contributed by atoms with Gasteiger partial charge in [0.2, 0.25) is 5.91 Å². The van der Waals surface area contributed by atoms with E-state index in [1.165, 1.54) is 7.11 Å². The maximum atomic E-state index is 12.5. The predicted molar refractivity (Wildman–Crippen MR) is 116 cm³/mol. The van der Waals surface area contributed by atoms with Crippen LogP contribution in [0, 0.1) is 5.41 Å². The molecule has 0 radical (unpaired) electrons. The fraction of sp³-hybridized carbons (Fsp3) is 0.375. The number of hydrogen-bond acceptors (Lipinski definition) is 5. The molecule has 0 aliphatic heterocycles. The van der Waals surface area contributed by atoms with Crippen LogP contribution in [0.2, 0.25) is 0 Å². The van der Waals surface area contributed by atoms with Gasteiger partial charge in [-0.05, 0) is 35.1 Å². The number of fused-ring (bicyclic) bond motifs is 3. The summed E-state index contributed by atoms with van der Waals surface area (Å²) in [7, 11) is 1.42. The fourth-order valence-corrected chi connectivity index (χ4v) is 4.13. The van der Waals surface area contributed by atoms with E-state index in [1.807, 2.05) is 36.4 Å². The summed E-state index contributed by atoms with van der Waals surface area (Å²) in [6, 6.07) is 15.1. The number of carbonyl (C=O) groups is 3. The Hall–Kier alpha value is -3.39. The van der Waals surface area contributed by atoms with Crippen molar-refractivity contribution < 1.29 is 29.0 Å². The molecular formula is C24H26N2O6. The van der Waals surface area contributed by atoms with Gasteiger partial charge in [-0.1, -0.05) is 48.5 Å². The smallest absolute Gasteiger partial charge is 0.407 e. The largest absolute Gasteiger partial charge is 0.481 e. The van der Waals surface area contributed by atoms with Crippen LogP contribution in [0.4, 0.5) is 4.79 Å². The van der Waals surface area contributed by atoms with Crippen molar-refractivity contribution in [2.45, 2.75) is 24.8 Å². The maximum absolute atomic E-state index is 12.5. The average molecular weight is 438 g/mol. The van der Waals surface area contributed by atoms with Crippen molar-refractivity contribution in [3.63, 3.8) is 0 Å². The third-order valence-electron chi connectivity index (χ3n) is 6.19. The molecule has 2 aromatic rings. The SMILES string of the molecule is COC[C@H](NC(=O)OCC1c2ccccc2-c2ccccc21)C(=O)NCC1(C(=O)O)CC1. The molecule has 8 nitrogen and oxygen atoms in total. The van der Waals surface area contributed by atoms with Gasteiger partial charge in [0, 0.05) is 19.6 Å². The second kappa shape index (κ2) is 9.00. The van der Waals surface area contributed by atoms with E-state index < -0.39 is 29.4 Å².